The van der Waals surface area contributed by atoms with Crippen LogP contribution >= 0.6 is 0 Å². The number of ether oxygens (including phenoxy) is 1. The van der Waals surface area contributed by atoms with Gasteiger partial charge in [0.1, 0.15) is 0 Å². The van der Waals surface area contributed by atoms with Crippen molar-refractivity contribution in [3.63, 3.8) is 0 Å². The van der Waals surface area contributed by atoms with Crippen LogP contribution in [0.3, 0.4) is 0 Å². The molecule has 0 amide bonds. The maximum atomic E-state index is 11.1. The van der Waals surface area contributed by atoms with Gasteiger partial charge in [0.05, 0.1) is 6.61 Å². The number of unbranched alkanes of at least 4 members (excludes halogenated alkanes) is 9. The van der Waals surface area contributed by atoms with Gasteiger partial charge in [-0.3, -0.25) is 0 Å². The molecular formula is C20H37NaO2. The van der Waals surface area contributed by atoms with Gasteiger partial charge in [-0.2, -0.15) is 0 Å². The summed E-state index contributed by atoms with van der Waals surface area (Å²) in [6.07, 6.45) is 13.0. The van der Waals surface area contributed by atoms with Gasteiger partial charge >= 0.3 is 56.6 Å². The average molecular weight is 333 g/mol. The first-order chi connectivity index (χ1) is 11.0. The van der Waals surface area contributed by atoms with Crippen molar-refractivity contribution in [2.45, 2.75) is 88.6 Å². The van der Waals surface area contributed by atoms with Crippen LogP contribution in [0.5, 0.6) is 0 Å². The normalized spacial score (nSPS) is 9.78. The predicted octanol–water partition coefficient (Wildman–Crippen LogP) is 6.18. The third-order valence-electron chi connectivity index (χ3n) is 3.68. The molecule has 23 heavy (non-hydrogen) atoms. The quantitative estimate of drug-likeness (QED) is 0.132. The van der Waals surface area contributed by atoms with Gasteiger partial charge in [0.15, 0.2) is 0 Å². The second-order valence-electron chi connectivity index (χ2n) is 6.41. The maximum absolute atomic E-state index is 11.1. The first kappa shape index (κ1) is 25.2. The van der Waals surface area contributed by atoms with Gasteiger partial charge in [0.2, 0.25) is 0 Å². The van der Waals surface area contributed by atoms with Crippen molar-refractivity contribution in [3.8, 4) is 0 Å². The van der Waals surface area contributed by atoms with E-state index in [4.69, 9.17) is 4.74 Å². The molecule has 0 saturated carbocycles. The molecule has 0 radical (unpaired) electrons. The molecule has 0 atom stereocenters. The fourth-order valence-corrected chi connectivity index (χ4v) is 1.88. The van der Waals surface area contributed by atoms with Crippen molar-refractivity contribution in [3.05, 3.63) is 24.3 Å². The van der Waals surface area contributed by atoms with Crippen molar-refractivity contribution >= 4 is 33.9 Å². The molecule has 0 aromatic heterocycles. The molecule has 0 unspecified atom stereocenters. The Morgan fingerprint density at radius 3 is 1.61 bits per heavy atom. The third-order valence-corrected chi connectivity index (χ3v) is 4.89. The number of carbonyl (C=O) groups excluding carboxylic acids is 1. The number of rotatable bonds is 13. The van der Waals surface area contributed by atoms with Gasteiger partial charge in [0, 0.05) is 5.57 Å². The molecule has 3 heteroatoms. The van der Waals surface area contributed by atoms with E-state index >= 15 is 0 Å². The average Bonchev–Trinajstić information content (AvgIpc) is 2.52. The molecule has 0 spiro atoms. The Balaban J connectivity index is 0. The van der Waals surface area contributed by atoms with Crippen molar-refractivity contribution in [1.29, 1.82) is 0 Å². The van der Waals surface area contributed by atoms with Crippen LogP contribution in [0, 0.1) is 0 Å². The Morgan fingerprint density at radius 1 is 0.870 bits per heavy atom. The van der Waals surface area contributed by atoms with E-state index in [1.807, 2.05) is 0 Å². The molecule has 0 aliphatic rings. The summed E-state index contributed by atoms with van der Waals surface area (Å²) in [5, 5.41) is 0. The molecule has 0 fully saturated rings. The fourth-order valence-electron chi connectivity index (χ4n) is 1.88. The van der Waals surface area contributed by atoms with E-state index in [-0.39, 0.29) is 5.97 Å². The summed E-state index contributed by atoms with van der Waals surface area (Å²) >= 11 is 1.27. The van der Waals surface area contributed by atoms with Crippen molar-refractivity contribution in [2.75, 3.05) is 6.61 Å². The summed E-state index contributed by atoms with van der Waals surface area (Å²) in [7, 11) is 0. The second-order valence-corrected chi connectivity index (χ2v) is 7.12. The Labute approximate surface area is 162 Å². The first-order valence-electron chi connectivity index (χ1n) is 9.42. The molecule has 0 aliphatic heterocycles. The second kappa shape index (κ2) is 20.0. The monoisotopic (exact) mass is 332 g/mol. The summed E-state index contributed by atoms with van der Waals surface area (Å²) in [5.74, 6) is -0.258. The van der Waals surface area contributed by atoms with Crippen molar-refractivity contribution < 1.29 is 9.53 Å². The van der Waals surface area contributed by atoms with Crippen LogP contribution in [-0.2, 0) is 9.53 Å². The molecule has 2 nitrogen and oxygen atoms in total. The molecule has 0 aromatic carbocycles. The number of esters is 1. The molecule has 0 saturated heterocycles. The van der Waals surface area contributed by atoms with Gasteiger partial charge in [0.25, 0.3) is 0 Å². The minimum absolute atomic E-state index is 0.258. The van der Waals surface area contributed by atoms with Crippen LogP contribution in [0.1, 0.15) is 85.0 Å². The molecule has 0 heterocycles. The van der Waals surface area contributed by atoms with Gasteiger partial charge < -0.3 is 4.74 Å². The number of hydrogen-bond acceptors (Lipinski definition) is 2. The number of allylic oxidation sites excluding steroid dienone is 1. The van der Waals surface area contributed by atoms with E-state index in [0.29, 0.717) is 12.2 Å². The van der Waals surface area contributed by atoms with E-state index < -0.39 is 0 Å². The Hall–Kier alpha value is -0.0500. The van der Waals surface area contributed by atoms with Gasteiger partial charge in [-0.15, -0.1) is 0 Å². The van der Waals surface area contributed by atoms with Gasteiger partial charge in [-0.05, 0) is 13.3 Å². The van der Waals surface area contributed by atoms with E-state index in [1.165, 1.54) is 95.0 Å². The van der Waals surface area contributed by atoms with E-state index in [9.17, 15) is 4.79 Å². The summed E-state index contributed by atoms with van der Waals surface area (Å²) in [5.41, 5.74) is 1.80. The molecule has 0 aliphatic carbocycles. The Morgan fingerprint density at radius 2 is 1.26 bits per heavy atom. The van der Waals surface area contributed by atoms with Crippen LogP contribution in [-0.4, -0.2) is 40.5 Å². The molecule has 0 N–H and O–H groups in total. The summed E-state index contributed by atoms with van der Waals surface area (Å²) < 4.78 is 6.29. The van der Waals surface area contributed by atoms with Crippen LogP contribution in [0.2, 0.25) is 3.67 Å². The van der Waals surface area contributed by atoms with E-state index in [2.05, 4.69) is 27.0 Å². The van der Waals surface area contributed by atoms with Crippen molar-refractivity contribution in [1.82, 2.24) is 0 Å². The van der Waals surface area contributed by atoms with E-state index in [0.717, 1.165) is 6.42 Å². The topological polar surface area (TPSA) is 26.3 Å². The molecule has 0 aromatic rings. The number of hydrogen-bond donors (Lipinski definition) is 0. The van der Waals surface area contributed by atoms with Gasteiger partial charge in [-0.1, -0.05) is 71.3 Å². The Bertz CT molecular complexity index is 311. The standard InChI is InChI=1S/C16H30O2.C4H7.Na/c1-4-5-6-7-8-9-10-11-12-13-14-18-16(17)15(2)3;1-4(2)3;/h2,4-14H2,1,3H3;1-2H2,3H3;. The van der Waals surface area contributed by atoms with Crippen molar-refractivity contribution in [2.24, 2.45) is 0 Å². The first-order valence-corrected chi connectivity index (χ1v) is 10.8. The SMILES string of the molecule is C=C(C)C(=O)OCCCCCCCCCCCC.C=C(C)[CH2][Na]. The molecule has 0 rings (SSSR count). The third kappa shape index (κ3) is 24.3. The Kier molecular flexibility index (Phi) is 21.9. The molecule has 130 valence electrons. The number of carbonyl (C=O) groups is 1. The van der Waals surface area contributed by atoms with E-state index in [1.54, 1.807) is 6.92 Å². The van der Waals surface area contributed by atoms with Crippen LogP contribution in [0.4, 0.5) is 0 Å². The van der Waals surface area contributed by atoms with Gasteiger partial charge in [-0.25, -0.2) is 4.79 Å². The molecular weight excluding hydrogens is 295 g/mol. The zero-order chi connectivity index (χ0) is 17.9. The van der Waals surface area contributed by atoms with Crippen LogP contribution < -0.4 is 0 Å². The van der Waals surface area contributed by atoms with Crippen LogP contribution in [0.15, 0.2) is 24.3 Å². The summed E-state index contributed by atoms with van der Waals surface area (Å²) in [6.45, 7) is 13.8. The predicted molar refractivity (Wildman–Crippen MR) is 103 cm³/mol. The zero-order valence-corrected chi connectivity index (χ0v) is 18.2. The summed E-state index contributed by atoms with van der Waals surface area (Å²) in [4.78, 5) is 11.1. The minimum atomic E-state index is -0.258. The zero-order valence-electron chi connectivity index (χ0n) is 16.2. The summed E-state index contributed by atoms with van der Waals surface area (Å²) in [6, 6.07) is 0. The fraction of sp³-hybridized carbons (Fsp3) is 0.750. The van der Waals surface area contributed by atoms with Crippen LogP contribution in [0.25, 0.3) is 0 Å². The molecule has 0 bridgehead atoms.